The van der Waals surface area contributed by atoms with Gasteiger partial charge >= 0.3 is 5.97 Å². The summed E-state index contributed by atoms with van der Waals surface area (Å²) in [6, 6.07) is 13.3. The second-order valence-corrected chi connectivity index (χ2v) is 7.28. The van der Waals surface area contributed by atoms with E-state index in [1.54, 1.807) is 70.3 Å². The third-order valence-electron chi connectivity index (χ3n) is 4.07. The number of hydrogen-bond acceptors (Lipinski definition) is 6. The van der Waals surface area contributed by atoms with Gasteiger partial charge in [-0.05, 0) is 48.0 Å². The molecule has 6 nitrogen and oxygen atoms in total. The molecule has 0 spiro atoms. The first-order valence-corrected chi connectivity index (χ1v) is 8.90. The van der Waals surface area contributed by atoms with Crippen LogP contribution in [-0.2, 0) is 4.79 Å². The summed E-state index contributed by atoms with van der Waals surface area (Å²) >= 11 is 0. The molecule has 0 aliphatic carbocycles. The third-order valence-corrected chi connectivity index (χ3v) is 4.07. The van der Waals surface area contributed by atoms with Crippen molar-refractivity contribution in [1.29, 1.82) is 5.26 Å². The predicted molar refractivity (Wildman–Crippen MR) is 109 cm³/mol. The molecule has 2 rings (SSSR count). The molecular weight excluding hydrogens is 370 g/mol. The van der Waals surface area contributed by atoms with Gasteiger partial charge in [0.25, 0.3) is 0 Å². The number of carbonyl (C=O) groups excluding carboxylic acids is 2. The molecule has 0 fully saturated rings. The lowest BCUT2D eigenvalue weighted by Gasteiger charge is -2.15. The summed E-state index contributed by atoms with van der Waals surface area (Å²) in [6.45, 7) is 5.26. The van der Waals surface area contributed by atoms with Crippen LogP contribution in [0.5, 0.6) is 17.2 Å². The minimum absolute atomic E-state index is 0.0440. The highest BCUT2D eigenvalue weighted by Gasteiger charge is 2.25. The molecule has 0 radical (unpaired) electrons. The zero-order valence-electron chi connectivity index (χ0n) is 17.1. The second kappa shape index (κ2) is 9.07. The molecule has 0 N–H and O–H groups in total. The number of rotatable bonds is 6. The van der Waals surface area contributed by atoms with Crippen molar-refractivity contribution >= 4 is 17.8 Å². The van der Waals surface area contributed by atoms with E-state index in [0.717, 1.165) is 0 Å². The lowest BCUT2D eigenvalue weighted by atomic mass is 9.86. The molecule has 0 aliphatic heterocycles. The highest BCUT2D eigenvalue weighted by atomic mass is 16.6. The van der Waals surface area contributed by atoms with Gasteiger partial charge in [-0.2, -0.15) is 5.26 Å². The lowest BCUT2D eigenvalue weighted by molar-refractivity contribution is -0.121. The smallest absolute Gasteiger partial charge is 0.343 e. The van der Waals surface area contributed by atoms with E-state index in [1.165, 1.54) is 13.2 Å². The number of carbonyl (C=O) groups is 2. The van der Waals surface area contributed by atoms with Crippen LogP contribution in [0.25, 0.3) is 6.08 Å². The molecule has 2 aromatic rings. The molecule has 0 bridgehead atoms. The zero-order chi connectivity index (χ0) is 21.6. The minimum atomic E-state index is -0.667. The Labute approximate surface area is 170 Å². The molecule has 0 aromatic heterocycles. The van der Waals surface area contributed by atoms with E-state index in [4.69, 9.17) is 14.2 Å². The molecule has 0 unspecified atom stereocenters. The van der Waals surface area contributed by atoms with Crippen LogP contribution in [0.3, 0.4) is 0 Å². The summed E-state index contributed by atoms with van der Waals surface area (Å²) in [5.74, 6) is 0.365. The average Bonchev–Trinajstić information content (AvgIpc) is 2.71. The number of methoxy groups -OCH3 is 2. The van der Waals surface area contributed by atoms with E-state index in [2.05, 4.69) is 0 Å². The maximum Gasteiger partial charge on any atom is 0.343 e. The Morgan fingerprint density at radius 2 is 1.62 bits per heavy atom. The van der Waals surface area contributed by atoms with Crippen molar-refractivity contribution in [2.45, 2.75) is 20.8 Å². The molecule has 0 saturated carbocycles. The summed E-state index contributed by atoms with van der Waals surface area (Å²) in [4.78, 5) is 24.7. The quantitative estimate of drug-likeness (QED) is 0.312. The van der Waals surface area contributed by atoms with Gasteiger partial charge in [-0.1, -0.05) is 26.8 Å². The van der Waals surface area contributed by atoms with Crippen molar-refractivity contribution < 1.29 is 23.8 Å². The monoisotopic (exact) mass is 393 g/mol. The van der Waals surface area contributed by atoms with Crippen molar-refractivity contribution in [1.82, 2.24) is 0 Å². The average molecular weight is 393 g/mol. The highest BCUT2D eigenvalue weighted by Crippen LogP contribution is 2.30. The summed E-state index contributed by atoms with van der Waals surface area (Å²) in [5, 5.41) is 9.34. The SMILES string of the molecule is COc1ccc(C(=O)Oc2ccc(/C=C(\C#N)C(=O)C(C)(C)C)cc2OC)cc1. The third kappa shape index (κ3) is 5.45. The Hall–Kier alpha value is -3.59. The van der Waals surface area contributed by atoms with Crippen molar-refractivity contribution in [2.24, 2.45) is 5.41 Å². The Morgan fingerprint density at radius 1 is 0.966 bits per heavy atom. The number of nitrogens with zero attached hydrogens (tertiary/aromatic N) is 1. The van der Waals surface area contributed by atoms with Crippen LogP contribution in [0.2, 0.25) is 0 Å². The Kier molecular flexibility index (Phi) is 6.79. The number of hydrogen-bond donors (Lipinski definition) is 0. The zero-order valence-corrected chi connectivity index (χ0v) is 17.1. The van der Waals surface area contributed by atoms with Gasteiger partial charge in [0.2, 0.25) is 0 Å². The van der Waals surface area contributed by atoms with Gasteiger partial charge in [-0.25, -0.2) is 4.79 Å². The largest absolute Gasteiger partial charge is 0.497 e. The Bertz CT molecular complexity index is 976. The standard InChI is InChI=1S/C23H23NO5/c1-23(2,3)21(25)17(14-24)12-15-6-11-19(20(13-15)28-5)29-22(26)16-7-9-18(27-4)10-8-16/h6-13H,1-5H3/b17-12+. The van der Waals surface area contributed by atoms with Crippen molar-refractivity contribution in [3.63, 3.8) is 0 Å². The first kappa shape index (κ1) is 21.7. The van der Waals surface area contributed by atoms with Crippen LogP contribution < -0.4 is 14.2 Å². The van der Waals surface area contributed by atoms with Gasteiger partial charge in [0, 0.05) is 5.41 Å². The van der Waals surface area contributed by atoms with Gasteiger partial charge in [-0.15, -0.1) is 0 Å². The molecule has 0 atom stereocenters. The molecule has 6 heteroatoms. The number of allylic oxidation sites excluding steroid dienone is 1. The van der Waals surface area contributed by atoms with Crippen molar-refractivity contribution in [3.8, 4) is 23.3 Å². The minimum Gasteiger partial charge on any atom is -0.497 e. The maximum absolute atomic E-state index is 12.4. The molecule has 0 heterocycles. The summed E-state index contributed by atoms with van der Waals surface area (Å²) < 4.78 is 15.8. The molecule has 0 saturated heterocycles. The van der Waals surface area contributed by atoms with Crippen molar-refractivity contribution in [2.75, 3.05) is 14.2 Å². The van der Waals surface area contributed by atoms with E-state index in [9.17, 15) is 14.9 Å². The highest BCUT2D eigenvalue weighted by molar-refractivity contribution is 6.06. The molecule has 29 heavy (non-hydrogen) atoms. The normalized spacial score (nSPS) is 11.4. The number of nitriles is 1. The van der Waals surface area contributed by atoms with Gasteiger partial charge in [0.05, 0.1) is 25.4 Å². The van der Waals surface area contributed by atoms with Gasteiger partial charge in [0.15, 0.2) is 17.3 Å². The van der Waals surface area contributed by atoms with Crippen LogP contribution in [0.4, 0.5) is 0 Å². The number of Topliss-reactive ketones (excluding diaryl/α,β-unsaturated/α-hetero) is 1. The fraction of sp³-hybridized carbons (Fsp3) is 0.261. The fourth-order valence-corrected chi connectivity index (χ4v) is 2.46. The summed E-state index contributed by atoms with van der Waals surface area (Å²) in [6.07, 6.45) is 1.49. The van der Waals surface area contributed by atoms with E-state index in [0.29, 0.717) is 22.6 Å². The molecule has 0 amide bonds. The van der Waals surface area contributed by atoms with Crippen LogP contribution in [0.1, 0.15) is 36.7 Å². The Balaban J connectivity index is 2.28. The molecule has 0 aliphatic rings. The first-order chi connectivity index (χ1) is 13.7. The van der Waals surface area contributed by atoms with Gasteiger partial charge in [0.1, 0.15) is 11.8 Å². The van der Waals surface area contributed by atoms with Gasteiger partial charge < -0.3 is 14.2 Å². The predicted octanol–water partition coefficient (Wildman–Crippen LogP) is 4.45. The van der Waals surface area contributed by atoms with E-state index in [1.807, 2.05) is 6.07 Å². The van der Waals surface area contributed by atoms with E-state index in [-0.39, 0.29) is 17.1 Å². The molecule has 2 aromatic carbocycles. The van der Waals surface area contributed by atoms with Crippen LogP contribution in [0.15, 0.2) is 48.0 Å². The number of ether oxygens (including phenoxy) is 3. The number of benzene rings is 2. The van der Waals surface area contributed by atoms with Crippen LogP contribution >= 0.6 is 0 Å². The van der Waals surface area contributed by atoms with E-state index >= 15 is 0 Å². The molecule has 150 valence electrons. The fourth-order valence-electron chi connectivity index (χ4n) is 2.46. The van der Waals surface area contributed by atoms with Crippen molar-refractivity contribution in [3.05, 3.63) is 59.2 Å². The topological polar surface area (TPSA) is 85.6 Å². The lowest BCUT2D eigenvalue weighted by Crippen LogP contribution is -2.21. The summed E-state index contributed by atoms with van der Waals surface area (Å²) in [7, 11) is 2.99. The van der Waals surface area contributed by atoms with Crippen LogP contribution in [-0.4, -0.2) is 26.0 Å². The van der Waals surface area contributed by atoms with Gasteiger partial charge in [-0.3, -0.25) is 4.79 Å². The second-order valence-electron chi connectivity index (χ2n) is 7.28. The summed E-state index contributed by atoms with van der Waals surface area (Å²) in [5.41, 5.74) is 0.321. The number of esters is 1. The maximum atomic E-state index is 12.4. The number of ketones is 1. The first-order valence-electron chi connectivity index (χ1n) is 8.90. The molecular formula is C23H23NO5. The van der Waals surface area contributed by atoms with Crippen LogP contribution in [0, 0.1) is 16.7 Å². The Morgan fingerprint density at radius 3 is 2.14 bits per heavy atom. The van der Waals surface area contributed by atoms with E-state index < -0.39 is 11.4 Å².